The Hall–Kier alpha value is -3.35. The number of carboxylic acid groups (broad SMARTS) is 1. The molecule has 0 heterocycles. The zero-order valence-electron chi connectivity index (χ0n) is 19.5. The van der Waals surface area contributed by atoms with Crippen LogP contribution in [-0.2, 0) is 14.3 Å². The number of amides is 2. The number of nitrogens with one attached hydrogen (secondary N) is 2. The normalized spacial score (nSPS) is 27.1. The molecule has 0 aromatic heterocycles. The number of fused-ring (bicyclic) bond motifs is 4. The minimum atomic E-state index is -0.739. The minimum absolute atomic E-state index is 0.00223. The predicted molar refractivity (Wildman–Crippen MR) is 129 cm³/mol. The lowest BCUT2D eigenvalue weighted by molar-refractivity contribution is -0.141. The first-order valence-electron chi connectivity index (χ1n) is 12.6. The molecule has 5 atom stereocenters. The summed E-state index contributed by atoms with van der Waals surface area (Å²) >= 11 is 0. The number of aliphatic carboxylic acids is 1. The van der Waals surface area contributed by atoms with Gasteiger partial charge in [0.2, 0.25) is 5.91 Å². The van der Waals surface area contributed by atoms with E-state index in [0.717, 1.165) is 30.4 Å². The fraction of sp³-hybridized carbons (Fsp3) is 0.464. The molecule has 6 rings (SSSR count). The summed E-state index contributed by atoms with van der Waals surface area (Å²) in [7, 11) is 0. The molecular weight excluding hydrogens is 444 g/mol. The Morgan fingerprint density at radius 1 is 0.943 bits per heavy atom. The smallest absolute Gasteiger partial charge is 0.407 e. The van der Waals surface area contributed by atoms with Crippen LogP contribution >= 0.6 is 0 Å². The van der Waals surface area contributed by atoms with E-state index in [0.29, 0.717) is 18.8 Å². The summed E-state index contributed by atoms with van der Waals surface area (Å²) in [6.07, 6.45) is 3.38. The zero-order valence-corrected chi connectivity index (χ0v) is 19.5. The van der Waals surface area contributed by atoms with Gasteiger partial charge in [-0.3, -0.25) is 9.59 Å². The number of carbonyl (C=O) groups excluding carboxylic acids is 2. The third-order valence-corrected chi connectivity index (χ3v) is 8.49. The largest absolute Gasteiger partial charge is 0.481 e. The van der Waals surface area contributed by atoms with Crippen molar-refractivity contribution in [1.82, 2.24) is 10.6 Å². The molecule has 4 aliphatic carbocycles. The Bertz CT molecular complexity index is 1130. The molecule has 0 aliphatic heterocycles. The maximum atomic E-state index is 13.1. The van der Waals surface area contributed by atoms with Gasteiger partial charge in [0.05, 0.1) is 5.92 Å². The van der Waals surface area contributed by atoms with Crippen LogP contribution in [0.4, 0.5) is 4.79 Å². The van der Waals surface area contributed by atoms with E-state index in [1.165, 1.54) is 11.1 Å². The van der Waals surface area contributed by atoms with E-state index in [4.69, 9.17) is 4.74 Å². The van der Waals surface area contributed by atoms with Crippen molar-refractivity contribution in [2.75, 3.05) is 6.61 Å². The predicted octanol–water partition coefficient (Wildman–Crippen LogP) is 3.92. The molecule has 3 saturated carbocycles. The van der Waals surface area contributed by atoms with Crippen LogP contribution in [0.1, 0.15) is 49.1 Å². The summed E-state index contributed by atoms with van der Waals surface area (Å²) in [5.74, 6) is -0.504. The SMILES string of the molecule is O=C(NC(C(=O)N[C@@H]1C[C@@H]2CC(C(=O)O)C[C@@H]21)C1CC1)OCC1c2ccccc2-c2ccccc21. The van der Waals surface area contributed by atoms with Gasteiger partial charge in [-0.1, -0.05) is 48.5 Å². The van der Waals surface area contributed by atoms with Crippen molar-refractivity contribution in [3.63, 3.8) is 0 Å². The lowest BCUT2D eigenvalue weighted by Crippen LogP contribution is -2.56. The second kappa shape index (κ2) is 8.70. The van der Waals surface area contributed by atoms with E-state index in [1.807, 2.05) is 24.3 Å². The Labute approximate surface area is 204 Å². The van der Waals surface area contributed by atoms with Crippen LogP contribution in [0.5, 0.6) is 0 Å². The topological polar surface area (TPSA) is 105 Å². The third-order valence-electron chi connectivity index (χ3n) is 8.49. The minimum Gasteiger partial charge on any atom is -0.481 e. The van der Waals surface area contributed by atoms with Gasteiger partial charge in [0.1, 0.15) is 12.6 Å². The van der Waals surface area contributed by atoms with Gasteiger partial charge >= 0.3 is 12.1 Å². The van der Waals surface area contributed by atoms with Crippen molar-refractivity contribution < 1.29 is 24.2 Å². The van der Waals surface area contributed by atoms with E-state index < -0.39 is 18.1 Å². The number of hydrogen-bond acceptors (Lipinski definition) is 4. The number of alkyl carbamates (subject to hydrolysis) is 1. The first-order valence-corrected chi connectivity index (χ1v) is 12.6. The molecule has 0 spiro atoms. The molecule has 0 radical (unpaired) electrons. The molecule has 2 aromatic rings. The van der Waals surface area contributed by atoms with Crippen molar-refractivity contribution in [1.29, 1.82) is 0 Å². The highest BCUT2D eigenvalue weighted by molar-refractivity contribution is 5.87. The number of hydrogen-bond donors (Lipinski definition) is 3. The summed E-state index contributed by atoms with van der Waals surface area (Å²) in [6, 6.07) is 15.8. The molecule has 7 nitrogen and oxygen atoms in total. The van der Waals surface area contributed by atoms with Crippen molar-refractivity contribution >= 4 is 18.0 Å². The number of carboxylic acids is 1. The highest BCUT2D eigenvalue weighted by atomic mass is 16.5. The summed E-state index contributed by atoms with van der Waals surface area (Å²) in [5, 5.41) is 15.2. The Morgan fingerprint density at radius 3 is 2.23 bits per heavy atom. The lowest BCUT2D eigenvalue weighted by atomic mass is 9.71. The van der Waals surface area contributed by atoms with Crippen LogP contribution in [0.2, 0.25) is 0 Å². The van der Waals surface area contributed by atoms with Gasteiger partial charge in [0.15, 0.2) is 0 Å². The molecule has 2 amide bonds. The molecule has 3 fully saturated rings. The lowest BCUT2D eigenvalue weighted by Gasteiger charge is -2.41. The molecule has 3 N–H and O–H groups in total. The highest BCUT2D eigenvalue weighted by Gasteiger charge is 2.51. The van der Waals surface area contributed by atoms with Crippen LogP contribution < -0.4 is 10.6 Å². The number of rotatable bonds is 7. The van der Waals surface area contributed by atoms with Crippen LogP contribution in [0, 0.1) is 23.7 Å². The molecule has 0 bridgehead atoms. The van der Waals surface area contributed by atoms with Gasteiger partial charge in [0.25, 0.3) is 0 Å². The van der Waals surface area contributed by atoms with Crippen molar-refractivity contribution in [2.24, 2.45) is 23.7 Å². The quantitative estimate of drug-likeness (QED) is 0.564. The monoisotopic (exact) mass is 474 g/mol. The van der Waals surface area contributed by atoms with Crippen LogP contribution in [-0.4, -0.2) is 41.8 Å². The van der Waals surface area contributed by atoms with E-state index in [-0.39, 0.29) is 42.2 Å². The molecular formula is C28H30N2O5. The van der Waals surface area contributed by atoms with Gasteiger partial charge in [-0.15, -0.1) is 0 Å². The second-order valence-electron chi connectivity index (χ2n) is 10.6. The second-order valence-corrected chi connectivity index (χ2v) is 10.6. The van der Waals surface area contributed by atoms with E-state index >= 15 is 0 Å². The van der Waals surface area contributed by atoms with Crippen LogP contribution in [0.15, 0.2) is 48.5 Å². The maximum absolute atomic E-state index is 13.1. The summed E-state index contributed by atoms with van der Waals surface area (Å²) in [4.78, 5) is 37.1. The average Bonchev–Trinajstić information content (AvgIpc) is 3.56. The van der Waals surface area contributed by atoms with Gasteiger partial charge in [-0.2, -0.15) is 0 Å². The highest BCUT2D eigenvalue weighted by Crippen LogP contribution is 2.50. The number of carbonyl (C=O) groups is 3. The van der Waals surface area contributed by atoms with Gasteiger partial charge in [-0.25, -0.2) is 4.79 Å². The first kappa shape index (κ1) is 22.1. The van der Waals surface area contributed by atoms with Crippen molar-refractivity contribution in [2.45, 2.75) is 50.1 Å². The molecule has 7 heteroatoms. The van der Waals surface area contributed by atoms with E-state index in [2.05, 4.69) is 34.9 Å². The Morgan fingerprint density at radius 2 is 1.60 bits per heavy atom. The Kier molecular flexibility index (Phi) is 5.50. The van der Waals surface area contributed by atoms with Crippen molar-refractivity contribution in [3.8, 4) is 11.1 Å². The summed E-state index contributed by atoms with van der Waals surface area (Å²) in [5.41, 5.74) is 4.63. The van der Waals surface area contributed by atoms with Gasteiger partial charge < -0.3 is 20.5 Å². The van der Waals surface area contributed by atoms with Crippen LogP contribution in [0.3, 0.4) is 0 Å². The molecule has 35 heavy (non-hydrogen) atoms. The van der Waals surface area contributed by atoms with E-state index in [1.54, 1.807) is 0 Å². The Balaban J connectivity index is 1.06. The van der Waals surface area contributed by atoms with Crippen LogP contribution in [0.25, 0.3) is 11.1 Å². The fourth-order valence-corrected chi connectivity index (χ4v) is 6.46. The average molecular weight is 475 g/mol. The summed E-state index contributed by atoms with van der Waals surface area (Å²) in [6.45, 7) is 0.210. The van der Waals surface area contributed by atoms with Crippen molar-refractivity contribution in [3.05, 3.63) is 59.7 Å². The first-order chi connectivity index (χ1) is 17.0. The van der Waals surface area contributed by atoms with Gasteiger partial charge in [-0.05, 0) is 72.1 Å². The summed E-state index contributed by atoms with van der Waals surface area (Å²) < 4.78 is 5.66. The standard InChI is InChI=1S/C28H30N2O5/c31-26(29-24-13-16-11-17(27(32)33)12-22(16)24)25(15-9-10-15)30-28(34)35-14-23-20-7-3-1-5-18(20)19-6-2-4-8-21(19)23/h1-8,15-17,22-25H,9-14H2,(H,29,31)(H,30,34)(H,32,33)/t16-,17?,22-,24+,25?/m0/s1. The molecule has 0 saturated heterocycles. The molecule has 2 aromatic carbocycles. The van der Waals surface area contributed by atoms with E-state index in [9.17, 15) is 19.5 Å². The molecule has 4 aliphatic rings. The number of ether oxygens (including phenoxy) is 1. The maximum Gasteiger partial charge on any atom is 0.407 e. The molecule has 182 valence electrons. The zero-order chi connectivity index (χ0) is 24.1. The third kappa shape index (κ3) is 4.07. The van der Waals surface area contributed by atoms with Gasteiger partial charge in [0, 0.05) is 12.0 Å². The fourth-order valence-electron chi connectivity index (χ4n) is 6.46. The number of benzene rings is 2. The molecule has 2 unspecified atom stereocenters.